The summed E-state index contributed by atoms with van der Waals surface area (Å²) in [5.74, 6) is 0. The number of aryl methyl sites for hydroxylation is 1. The Morgan fingerprint density at radius 2 is 2.00 bits per heavy atom. The summed E-state index contributed by atoms with van der Waals surface area (Å²) < 4.78 is 2.71. The summed E-state index contributed by atoms with van der Waals surface area (Å²) in [5, 5.41) is 3.20. The van der Waals surface area contributed by atoms with E-state index in [9.17, 15) is 0 Å². The van der Waals surface area contributed by atoms with Gasteiger partial charge >= 0.3 is 0 Å². The second-order valence-electron chi connectivity index (χ2n) is 3.82. The lowest BCUT2D eigenvalue weighted by molar-refractivity contribution is 0.552. The largest absolute Gasteiger partial charge is 0.301 e. The zero-order chi connectivity index (χ0) is 8.65. The first kappa shape index (κ1) is 8.53. The van der Waals surface area contributed by atoms with Crippen LogP contribution in [0.3, 0.4) is 0 Å². The smallest absolute Gasteiger partial charge is 0.121 e. The van der Waals surface area contributed by atoms with Crippen molar-refractivity contribution in [2.45, 2.75) is 26.2 Å². The number of hydrogen-bond acceptors (Lipinski definition) is 1. The minimum Gasteiger partial charge on any atom is -0.301 e. The van der Waals surface area contributed by atoms with Crippen molar-refractivity contribution in [3.63, 3.8) is 0 Å². The molecule has 0 unspecified atom stereocenters. The van der Waals surface area contributed by atoms with Crippen LogP contribution >= 0.6 is 12.2 Å². The highest BCUT2D eigenvalue weighted by Crippen LogP contribution is 2.19. The average molecular weight is 170 g/mol. The highest BCUT2D eigenvalue weighted by molar-refractivity contribution is 7.71. The number of rotatable bonds is 0. The van der Waals surface area contributed by atoms with E-state index in [1.165, 1.54) is 5.69 Å². The van der Waals surface area contributed by atoms with Crippen molar-refractivity contribution in [3.8, 4) is 0 Å². The molecule has 0 aromatic carbocycles. The average Bonchev–Trinajstić information content (AvgIpc) is 2.11. The summed E-state index contributed by atoms with van der Waals surface area (Å²) in [6.45, 7) is 6.48. The van der Waals surface area contributed by atoms with Crippen molar-refractivity contribution in [2.24, 2.45) is 7.05 Å². The monoisotopic (exact) mass is 170 g/mol. The Morgan fingerprint density at radius 1 is 1.45 bits per heavy atom. The number of aromatic nitrogens is 2. The normalized spacial score (nSPS) is 12.0. The second kappa shape index (κ2) is 2.48. The van der Waals surface area contributed by atoms with Crippen molar-refractivity contribution < 1.29 is 0 Å². The summed E-state index contributed by atoms with van der Waals surface area (Å²) in [5.41, 5.74) is 1.35. The maximum absolute atomic E-state index is 5.07. The molecule has 0 saturated carbocycles. The minimum absolute atomic E-state index is 0.162. The van der Waals surface area contributed by atoms with Crippen molar-refractivity contribution in [1.82, 2.24) is 9.78 Å². The van der Waals surface area contributed by atoms with Crippen LogP contribution in [0.15, 0.2) is 6.07 Å². The van der Waals surface area contributed by atoms with Crippen molar-refractivity contribution in [1.29, 1.82) is 0 Å². The summed E-state index contributed by atoms with van der Waals surface area (Å²) >= 11 is 5.07. The highest BCUT2D eigenvalue weighted by Gasteiger charge is 2.15. The number of nitrogens with one attached hydrogen (secondary N) is 1. The van der Waals surface area contributed by atoms with Crippen LogP contribution in [0, 0.1) is 4.64 Å². The highest BCUT2D eigenvalue weighted by atomic mass is 32.1. The van der Waals surface area contributed by atoms with Crippen molar-refractivity contribution >= 4 is 12.2 Å². The van der Waals surface area contributed by atoms with E-state index in [4.69, 9.17) is 12.2 Å². The molecule has 1 rings (SSSR count). The fourth-order valence-electron chi connectivity index (χ4n) is 0.873. The summed E-state index contributed by atoms with van der Waals surface area (Å²) in [6.07, 6.45) is 0. The molecule has 3 heteroatoms. The van der Waals surface area contributed by atoms with Gasteiger partial charge in [-0.05, 0) is 6.07 Å². The zero-order valence-corrected chi connectivity index (χ0v) is 8.25. The molecule has 11 heavy (non-hydrogen) atoms. The fourth-order valence-corrected chi connectivity index (χ4v) is 1.04. The van der Waals surface area contributed by atoms with Crippen molar-refractivity contribution in [2.75, 3.05) is 0 Å². The number of nitrogens with zero attached hydrogens (tertiary/aromatic N) is 1. The Hall–Kier alpha value is -0.570. The van der Waals surface area contributed by atoms with Crippen LogP contribution in [0.4, 0.5) is 0 Å². The first-order valence-electron chi connectivity index (χ1n) is 3.68. The minimum atomic E-state index is 0.162. The Kier molecular flexibility index (Phi) is 1.92. The van der Waals surface area contributed by atoms with Gasteiger partial charge in [0.05, 0.1) is 0 Å². The fraction of sp³-hybridized carbons (Fsp3) is 0.625. The lowest BCUT2D eigenvalue weighted by Crippen LogP contribution is -2.12. The maximum atomic E-state index is 5.07. The van der Waals surface area contributed by atoms with E-state index in [1.54, 1.807) is 0 Å². The van der Waals surface area contributed by atoms with E-state index in [2.05, 4.69) is 25.9 Å². The van der Waals surface area contributed by atoms with Gasteiger partial charge in [0.1, 0.15) is 4.64 Å². The van der Waals surface area contributed by atoms with E-state index in [0.717, 1.165) is 4.64 Å². The Morgan fingerprint density at radius 3 is 2.18 bits per heavy atom. The summed E-state index contributed by atoms with van der Waals surface area (Å²) in [6, 6.07) is 2.01. The molecule has 62 valence electrons. The lowest BCUT2D eigenvalue weighted by Gasteiger charge is -2.15. The molecule has 1 aromatic heterocycles. The van der Waals surface area contributed by atoms with Gasteiger partial charge in [0.15, 0.2) is 0 Å². The molecule has 2 nitrogen and oxygen atoms in total. The number of H-pyrrole nitrogens is 1. The SMILES string of the molecule is Cn1[nH]c(C(C)(C)C)cc1=S. The van der Waals surface area contributed by atoms with Gasteiger partial charge < -0.3 is 5.10 Å². The number of aromatic amines is 1. The predicted molar refractivity (Wildman–Crippen MR) is 49.3 cm³/mol. The first-order valence-corrected chi connectivity index (χ1v) is 4.08. The van der Waals surface area contributed by atoms with Gasteiger partial charge in [-0.2, -0.15) is 0 Å². The molecule has 0 aliphatic heterocycles. The van der Waals surface area contributed by atoms with Crippen LogP contribution in [-0.4, -0.2) is 9.78 Å². The van der Waals surface area contributed by atoms with Crippen LogP contribution in [0.1, 0.15) is 26.5 Å². The van der Waals surface area contributed by atoms with Crippen LogP contribution in [0.25, 0.3) is 0 Å². The first-order chi connectivity index (χ1) is 4.91. The number of hydrogen-bond donors (Lipinski definition) is 1. The topological polar surface area (TPSA) is 20.7 Å². The molecule has 0 saturated heterocycles. The van der Waals surface area contributed by atoms with E-state index < -0.39 is 0 Å². The molecule has 0 spiro atoms. The Bertz CT molecular complexity index is 301. The van der Waals surface area contributed by atoms with E-state index >= 15 is 0 Å². The third-order valence-corrected chi connectivity index (χ3v) is 2.09. The van der Waals surface area contributed by atoms with Gasteiger partial charge in [-0.3, -0.25) is 4.68 Å². The molecular weight excluding hydrogens is 156 g/mol. The van der Waals surface area contributed by atoms with Gasteiger partial charge in [-0.1, -0.05) is 33.0 Å². The lowest BCUT2D eigenvalue weighted by atomic mass is 9.93. The van der Waals surface area contributed by atoms with E-state index in [-0.39, 0.29) is 5.41 Å². The molecule has 0 bridgehead atoms. The van der Waals surface area contributed by atoms with Gasteiger partial charge in [-0.15, -0.1) is 0 Å². The van der Waals surface area contributed by atoms with Gasteiger partial charge in [0.25, 0.3) is 0 Å². The maximum Gasteiger partial charge on any atom is 0.121 e. The van der Waals surface area contributed by atoms with Crippen LogP contribution in [0.2, 0.25) is 0 Å². The Balaban J connectivity index is 3.18. The molecule has 0 amide bonds. The third kappa shape index (κ3) is 1.71. The van der Waals surface area contributed by atoms with Gasteiger partial charge in [0, 0.05) is 18.2 Å². The molecular formula is C8H14N2S. The van der Waals surface area contributed by atoms with Crippen LogP contribution in [-0.2, 0) is 12.5 Å². The Labute approximate surface area is 72.2 Å². The van der Waals surface area contributed by atoms with E-state index in [0.29, 0.717) is 0 Å². The van der Waals surface area contributed by atoms with Crippen LogP contribution < -0.4 is 0 Å². The van der Waals surface area contributed by atoms with Gasteiger partial charge in [0.2, 0.25) is 0 Å². The van der Waals surface area contributed by atoms with Gasteiger partial charge in [-0.25, -0.2) is 0 Å². The standard InChI is InChI=1S/C8H14N2S/c1-8(2,3)6-5-7(11)10(4)9-6/h5,9H,1-4H3. The molecule has 1 N–H and O–H groups in total. The van der Waals surface area contributed by atoms with Crippen LogP contribution in [0.5, 0.6) is 0 Å². The summed E-state index contributed by atoms with van der Waals surface area (Å²) in [7, 11) is 1.93. The van der Waals surface area contributed by atoms with Crippen molar-refractivity contribution in [3.05, 3.63) is 16.4 Å². The molecule has 0 aliphatic rings. The van der Waals surface area contributed by atoms with E-state index in [1.807, 2.05) is 17.8 Å². The third-order valence-electron chi connectivity index (χ3n) is 1.69. The quantitative estimate of drug-likeness (QED) is 0.593. The zero-order valence-electron chi connectivity index (χ0n) is 7.43. The molecule has 0 atom stereocenters. The molecule has 1 heterocycles. The second-order valence-corrected chi connectivity index (χ2v) is 4.24. The predicted octanol–water partition coefficient (Wildman–Crippen LogP) is 2.38. The molecule has 0 fully saturated rings. The molecule has 0 radical (unpaired) electrons. The summed E-state index contributed by atoms with van der Waals surface area (Å²) in [4.78, 5) is 0. The molecule has 0 aliphatic carbocycles. The molecule has 1 aromatic rings.